The molecule has 2 aliphatic heterocycles. The number of imide groups is 1. The summed E-state index contributed by atoms with van der Waals surface area (Å²) in [5.41, 5.74) is 3.85. The lowest BCUT2D eigenvalue weighted by Crippen LogP contribution is -2.34. The van der Waals surface area contributed by atoms with Crippen LogP contribution in [0.4, 0.5) is 10.1 Å². The SMILES string of the molecule is O=C1C(c2ccc(F)cc2)=C(N2CCc3ccccc32)C(=O)N1Cc1ccccn1. The van der Waals surface area contributed by atoms with Gasteiger partial charge in [0.05, 0.1) is 17.8 Å². The van der Waals surface area contributed by atoms with Crippen LogP contribution in [0.2, 0.25) is 0 Å². The Morgan fingerprint density at radius 1 is 0.900 bits per heavy atom. The van der Waals surface area contributed by atoms with Crippen LogP contribution in [0.25, 0.3) is 5.57 Å². The predicted molar refractivity (Wildman–Crippen MR) is 111 cm³/mol. The molecule has 148 valence electrons. The fourth-order valence-electron chi connectivity index (χ4n) is 4.06. The summed E-state index contributed by atoms with van der Waals surface area (Å²) in [6, 6.07) is 18.9. The summed E-state index contributed by atoms with van der Waals surface area (Å²) in [5, 5.41) is 0. The highest BCUT2D eigenvalue weighted by Crippen LogP contribution is 2.38. The fraction of sp³-hybridized carbons (Fsp3) is 0.125. The number of carbonyl (C=O) groups excluding carboxylic acids is 2. The Labute approximate surface area is 173 Å². The highest BCUT2D eigenvalue weighted by atomic mass is 19.1. The van der Waals surface area contributed by atoms with Crippen molar-refractivity contribution < 1.29 is 14.0 Å². The van der Waals surface area contributed by atoms with Gasteiger partial charge in [0.1, 0.15) is 11.5 Å². The largest absolute Gasteiger partial charge is 0.336 e. The van der Waals surface area contributed by atoms with Gasteiger partial charge in [0.25, 0.3) is 11.8 Å². The Kier molecular flexibility index (Phi) is 4.39. The van der Waals surface area contributed by atoms with Crippen molar-refractivity contribution in [2.75, 3.05) is 11.4 Å². The lowest BCUT2D eigenvalue weighted by molar-refractivity contribution is -0.137. The quantitative estimate of drug-likeness (QED) is 0.630. The smallest absolute Gasteiger partial charge is 0.278 e. The van der Waals surface area contributed by atoms with Gasteiger partial charge in [-0.05, 0) is 47.9 Å². The van der Waals surface area contributed by atoms with Gasteiger partial charge in [0.2, 0.25) is 0 Å². The van der Waals surface area contributed by atoms with Crippen molar-refractivity contribution in [3.63, 3.8) is 0 Å². The highest BCUT2D eigenvalue weighted by molar-refractivity contribution is 6.36. The van der Waals surface area contributed by atoms with Gasteiger partial charge in [-0.15, -0.1) is 0 Å². The second kappa shape index (κ2) is 7.22. The summed E-state index contributed by atoms with van der Waals surface area (Å²) in [6.07, 6.45) is 2.42. The first-order valence-corrected chi connectivity index (χ1v) is 9.75. The Bertz CT molecular complexity index is 1170. The highest BCUT2D eigenvalue weighted by Gasteiger charge is 2.43. The van der Waals surface area contributed by atoms with E-state index < -0.39 is 11.7 Å². The molecule has 0 spiro atoms. The van der Waals surface area contributed by atoms with Crippen molar-refractivity contribution in [2.45, 2.75) is 13.0 Å². The van der Waals surface area contributed by atoms with Crippen LogP contribution in [0.3, 0.4) is 0 Å². The molecule has 0 atom stereocenters. The molecule has 0 aliphatic carbocycles. The molecule has 0 radical (unpaired) electrons. The van der Waals surface area contributed by atoms with Crippen LogP contribution in [0.1, 0.15) is 16.8 Å². The van der Waals surface area contributed by atoms with Crippen molar-refractivity contribution >= 4 is 23.1 Å². The number of anilines is 1. The molecule has 2 aliphatic rings. The van der Waals surface area contributed by atoms with Crippen LogP contribution in [-0.2, 0) is 22.6 Å². The van der Waals surface area contributed by atoms with Crippen LogP contribution in [0.15, 0.2) is 78.6 Å². The fourth-order valence-corrected chi connectivity index (χ4v) is 4.06. The maximum atomic E-state index is 13.5. The van der Waals surface area contributed by atoms with E-state index >= 15 is 0 Å². The Morgan fingerprint density at radius 3 is 2.43 bits per heavy atom. The van der Waals surface area contributed by atoms with E-state index in [1.165, 1.54) is 17.0 Å². The number of carbonyl (C=O) groups is 2. The molecule has 3 aromatic rings. The summed E-state index contributed by atoms with van der Waals surface area (Å²) < 4.78 is 13.5. The minimum Gasteiger partial charge on any atom is -0.336 e. The Hall–Kier alpha value is -3.80. The number of fused-ring (bicyclic) bond motifs is 1. The first-order valence-electron chi connectivity index (χ1n) is 9.75. The van der Waals surface area contributed by atoms with Crippen molar-refractivity contribution in [1.29, 1.82) is 0 Å². The van der Waals surface area contributed by atoms with E-state index in [1.54, 1.807) is 30.5 Å². The molecule has 0 saturated heterocycles. The van der Waals surface area contributed by atoms with Gasteiger partial charge in [-0.1, -0.05) is 36.4 Å². The molecule has 0 saturated carbocycles. The van der Waals surface area contributed by atoms with E-state index in [4.69, 9.17) is 0 Å². The zero-order valence-corrected chi connectivity index (χ0v) is 16.1. The van der Waals surface area contributed by atoms with Gasteiger partial charge in [-0.25, -0.2) is 4.39 Å². The molecule has 5 nitrogen and oxygen atoms in total. The monoisotopic (exact) mass is 399 g/mol. The summed E-state index contributed by atoms with van der Waals surface area (Å²) in [4.78, 5) is 34.2. The van der Waals surface area contributed by atoms with Gasteiger partial charge < -0.3 is 4.90 Å². The Balaban J connectivity index is 1.62. The number of benzene rings is 2. The molecule has 0 N–H and O–H groups in total. The number of rotatable bonds is 4. The normalized spacial score (nSPS) is 15.9. The van der Waals surface area contributed by atoms with Crippen LogP contribution in [0, 0.1) is 5.82 Å². The maximum absolute atomic E-state index is 13.5. The van der Waals surface area contributed by atoms with Crippen molar-refractivity contribution in [2.24, 2.45) is 0 Å². The standard InChI is InChI=1S/C24H18FN3O2/c25-18-10-8-17(9-11-18)21-22(27-14-12-16-5-1-2-7-20(16)27)24(30)28(23(21)29)15-19-6-3-4-13-26-19/h1-11,13H,12,14-15H2. The Morgan fingerprint density at radius 2 is 1.67 bits per heavy atom. The lowest BCUT2D eigenvalue weighted by Gasteiger charge is -2.21. The zero-order valence-electron chi connectivity index (χ0n) is 16.1. The molecular formula is C24H18FN3O2. The van der Waals surface area contributed by atoms with Gasteiger partial charge >= 0.3 is 0 Å². The molecule has 5 rings (SSSR count). The molecule has 6 heteroatoms. The molecule has 30 heavy (non-hydrogen) atoms. The van der Waals surface area contributed by atoms with E-state index in [0.29, 0.717) is 29.1 Å². The summed E-state index contributed by atoms with van der Waals surface area (Å²) >= 11 is 0. The topological polar surface area (TPSA) is 53.5 Å². The zero-order chi connectivity index (χ0) is 20.7. The van der Waals surface area contributed by atoms with E-state index in [2.05, 4.69) is 4.98 Å². The van der Waals surface area contributed by atoms with Crippen molar-refractivity contribution in [3.05, 3.63) is 101 Å². The number of hydrogen-bond acceptors (Lipinski definition) is 4. The summed E-state index contributed by atoms with van der Waals surface area (Å²) in [6.45, 7) is 0.692. The van der Waals surface area contributed by atoms with Crippen LogP contribution < -0.4 is 4.90 Å². The van der Waals surface area contributed by atoms with Gasteiger partial charge in [-0.2, -0.15) is 0 Å². The average Bonchev–Trinajstić information content (AvgIpc) is 3.29. The molecule has 2 amide bonds. The number of para-hydroxylation sites is 1. The third-order valence-corrected chi connectivity index (χ3v) is 5.48. The molecule has 0 fully saturated rings. The van der Waals surface area contributed by atoms with Gasteiger partial charge in [-0.3, -0.25) is 19.5 Å². The second-order valence-electron chi connectivity index (χ2n) is 7.28. The van der Waals surface area contributed by atoms with E-state index in [-0.39, 0.29) is 12.5 Å². The third kappa shape index (κ3) is 2.97. The number of aromatic nitrogens is 1. The molecule has 3 heterocycles. The number of hydrogen-bond donors (Lipinski definition) is 0. The number of amides is 2. The van der Waals surface area contributed by atoms with Gasteiger partial charge in [0, 0.05) is 18.4 Å². The average molecular weight is 399 g/mol. The molecular weight excluding hydrogens is 381 g/mol. The molecule has 0 bridgehead atoms. The molecule has 0 unspecified atom stereocenters. The number of halogens is 1. The van der Waals surface area contributed by atoms with E-state index in [0.717, 1.165) is 17.7 Å². The van der Waals surface area contributed by atoms with Crippen LogP contribution in [-0.4, -0.2) is 28.2 Å². The lowest BCUT2D eigenvalue weighted by atomic mass is 10.0. The minimum atomic E-state index is -0.394. The van der Waals surface area contributed by atoms with Crippen LogP contribution >= 0.6 is 0 Å². The predicted octanol–water partition coefficient (Wildman–Crippen LogP) is 3.56. The second-order valence-corrected chi connectivity index (χ2v) is 7.28. The van der Waals surface area contributed by atoms with E-state index in [1.807, 2.05) is 35.2 Å². The van der Waals surface area contributed by atoms with Crippen molar-refractivity contribution in [1.82, 2.24) is 9.88 Å². The molecule has 1 aromatic heterocycles. The minimum absolute atomic E-state index is 0.0855. The van der Waals surface area contributed by atoms with Crippen molar-refractivity contribution in [3.8, 4) is 0 Å². The number of nitrogens with zero attached hydrogens (tertiary/aromatic N) is 3. The van der Waals surface area contributed by atoms with Gasteiger partial charge in [0.15, 0.2) is 0 Å². The molecule has 2 aromatic carbocycles. The van der Waals surface area contributed by atoms with E-state index in [9.17, 15) is 14.0 Å². The van der Waals surface area contributed by atoms with Crippen LogP contribution in [0.5, 0.6) is 0 Å². The first kappa shape index (κ1) is 18.2. The summed E-state index contributed by atoms with van der Waals surface area (Å²) in [5.74, 6) is -1.15. The third-order valence-electron chi connectivity index (χ3n) is 5.48. The number of pyridine rings is 1. The maximum Gasteiger partial charge on any atom is 0.278 e. The first-order chi connectivity index (χ1) is 14.6. The summed E-state index contributed by atoms with van der Waals surface area (Å²) in [7, 11) is 0.